The molecule has 1 amide bonds. The molecule has 0 radical (unpaired) electrons. The van der Waals surface area contributed by atoms with E-state index in [0.717, 1.165) is 11.3 Å². The molecule has 0 saturated carbocycles. The number of halogens is 1. The van der Waals surface area contributed by atoms with Crippen LogP contribution in [-0.4, -0.2) is 37.6 Å². The molecule has 150 valence electrons. The number of nitrogens with one attached hydrogen (secondary N) is 2. The highest BCUT2D eigenvalue weighted by molar-refractivity contribution is 7.18. The van der Waals surface area contributed by atoms with Crippen LogP contribution in [-0.2, 0) is 14.3 Å². The second-order valence-corrected chi connectivity index (χ2v) is 6.63. The van der Waals surface area contributed by atoms with E-state index < -0.39 is 17.8 Å². The summed E-state index contributed by atoms with van der Waals surface area (Å²) in [6.45, 7) is 5.17. The van der Waals surface area contributed by atoms with Gasteiger partial charge in [0.2, 0.25) is 5.91 Å². The average Bonchev–Trinajstić information content (AvgIpc) is 2.97. The van der Waals surface area contributed by atoms with Crippen LogP contribution >= 0.6 is 11.3 Å². The van der Waals surface area contributed by atoms with Crippen molar-refractivity contribution in [3.8, 4) is 0 Å². The Morgan fingerprint density at radius 1 is 1.04 bits per heavy atom. The normalized spacial score (nSPS) is 10.3. The summed E-state index contributed by atoms with van der Waals surface area (Å²) >= 11 is 0.956. The summed E-state index contributed by atoms with van der Waals surface area (Å²) in [7, 11) is 0. The maximum absolute atomic E-state index is 12.9. The van der Waals surface area contributed by atoms with Gasteiger partial charge in [-0.2, -0.15) is 0 Å². The standard InChI is InChI=1S/C19H21FN2O5S/c1-4-26-18(24)15-11(3)16(19(25)27-5-2)28-17(15)22-14(23)10-21-13-8-6-12(20)7-9-13/h6-9,21H,4-5,10H2,1-3H3,(H,22,23). The molecule has 1 aromatic carbocycles. The third-order valence-electron chi connectivity index (χ3n) is 3.64. The average molecular weight is 408 g/mol. The predicted octanol–water partition coefficient (Wildman–Crippen LogP) is 3.60. The van der Waals surface area contributed by atoms with E-state index in [1.807, 2.05) is 0 Å². The van der Waals surface area contributed by atoms with Crippen LogP contribution in [0.4, 0.5) is 15.1 Å². The number of carbonyl (C=O) groups is 3. The van der Waals surface area contributed by atoms with Crippen molar-refractivity contribution in [3.05, 3.63) is 46.1 Å². The highest BCUT2D eigenvalue weighted by Crippen LogP contribution is 2.34. The second kappa shape index (κ2) is 9.84. The molecule has 0 aliphatic rings. The Labute approximate surface area is 165 Å². The Hall–Kier alpha value is -2.94. The summed E-state index contributed by atoms with van der Waals surface area (Å²) in [6.07, 6.45) is 0. The Balaban J connectivity index is 2.18. The molecular formula is C19H21FN2O5S. The van der Waals surface area contributed by atoms with E-state index in [0.29, 0.717) is 11.3 Å². The lowest BCUT2D eigenvalue weighted by Crippen LogP contribution is -2.22. The van der Waals surface area contributed by atoms with Crippen LogP contribution in [0.25, 0.3) is 0 Å². The van der Waals surface area contributed by atoms with Gasteiger partial charge in [0.25, 0.3) is 0 Å². The molecule has 0 bridgehead atoms. The molecule has 0 fully saturated rings. The number of carbonyl (C=O) groups excluding carboxylic acids is 3. The van der Waals surface area contributed by atoms with E-state index in [1.165, 1.54) is 24.3 Å². The van der Waals surface area contributed by atoms with Gasteiger partial charge in [0, 0.05) is 5.69 Å². The second-order valence-electron chi connectivity index (χ2n) is 5.61. The lowest BCUT2D eigenvalue weighted by molar-refractivity contribution is -0.114. The fourth-order valence-electron chi connectivity index (χ4n) is 2.36. The molecule has 0 atom stereocenters. The van der Waals surface area contributed by atoms with Gasteiger partial charge >= 0.3 is 11.9 Å². The van der Waals surface area contributed by atoms with Gasteiger partial charge in [0.1, 0.15) is 15.7 Å². The predicted molar refractivity (Wildman–Crippen MR) is 104 cm³/mol. The zero-order valence-corrected chi connectivity index (χ0v) is 16.6. The van der Waals surface area contributed by atoms with Gasteiger partial charge in [-0.3, -0.25) is 4.79 Å². The van der Waals surface area contributed by atoms with E-state index >= 15 is 0 Å². The van der Waals surface area contributed by atoms with E-state index in [-0.39, 0.29) is 41.0 Å². The smallest absolute Gasteiger partial charge is 0.348 e. The Bertz CT molecular complexity index is 864. The molecule has 0 aliphatic heterocycles. The van der Waals surface area contributed by atoms with Gasteiger partial charge in [-0.1, -0.05) is 0 Å². The number of esters is 2. The summed E-state index contributed by atoms with van der Waals surface area (Å²) in [5.41, 5.74) is 1.09. The first-order valence-electron chi connectivity index (χ1n) is 8.64. The molecule has 2 N–H and O–H groups in total. The molecule has 0 spiro atoms. The molecule has 9 heteroatoms. The topological polar surface area (TPSA) is 93.7 Å². The highest BCUT2D eigenvalue weighted by atomic mass is 32.1. The van der Waals surface area contributed by atoms with Crippen LogP contribution in [0.2, 0.25) is 0 Å². The Kier molecular flexibility index (Phi) is 7.51. The number of anilines is 2. The summed E-state index contributed by atoms with van der Waals surface area (Å²) in [5, 5.41) is 5.69. The third kappa shape index (κ3) is 5.29. The minimum Gasteiger partial charge on any atom is -0.462 e. The van der Waals surface area contributed by atoms with Crippen LogP contribution < -0.4 is 10.6 Å². The minimum atomic E-state index is -0.631. The number of ether oxygens (including phenoxy) is 2. The van der Waals surface area contributed by atoms with Crippen LogP contribution in [0.15, 0.2) is 24.3 Å². The van der Waals surface area contributed by atoms with Gasteiger partial charge in [-0.05, 0) is 50.6 Å². The Morgan fingerprint density at radius 2 is 1.64 bits per heavy atom. The van der Waals surface area contributed by atoms with Crippen LogP contribution in [0.1, 0.15) is 39.4 Å². The molecule has 1 heterocycles. The molecule has 1 aromatic heterocycles. The van der Waals surface area contributed by atoms with E-state index in [9.17, 15) is 18.8 Å². The van der Waals surface area contributed by atoms with Crippen molar-refractivity contribution in [1.82, 2.24) is 0 Å². The number of benzene rings is 1. The number of amides is 1. The molecule has 7 nitrogen and oxygen atoms in total. The van der Waals surface area contributed by atoms with Crippen molar-refractivity contribution < 1.29 is 28.2 Å². The maximum Gasteiger partial charge on any atom is 0.348 e. The first-order valence-corrected chi connectivity index (χ1v) is 9.45. The quantitative estimate of drug-likeness (QED) is 0.648. The van der Waals surface area contributed by atoms with E-state index in [2.05, 4.69) is 10.6 Å². The molecule has 2 rings (SSSR count). The summed E-state index contributed by atoms with van der Waals surface area (Å²) in [6, 6.07) is 5.54. The van der Waals surface area contributed by atoms with Gasteiger partial charge in [0.05, 0.1) is 25.3 Å². The first kappa shape index (κ1) is 21.4. The molecule has 28 heavy (non-hydrogen) atoms. The number of hydrogen-bond acceptors (Lipinski definition) is 7. The van der Waals surface area contributed by atoms with Crippen LogP contribution in [0.5, 0.6) is 0 Å². The fraction of sp³-hybridized carbons (Fsp3) is 0.316. The molecule has 0 saturated heterocycles. The SMILES string of the molecule is CCOC(=O)c1sc(NC(=O)CNc2ccc(F)cc2)c(C(=O)OCC)c1C. The van der Waals surface area contributed by atoms with Crippen molar-refractivity contribution in [3.63, 3.8) is 0 Å². The summed E-state index contributed by atoms with van der Waals surface area (Å²) in [5.74, 6) is -2.02. The van der Waals surface area contributed by atoms with Crippen molar-refractivity contribution in [2.45, 2.75) is 20.8 Å². The molecule has 2 aromatic rings. The first-order chi connectivity index (χ1) is 13.4. The fourth-order valence-corrected chi connectivity index (χ4v) is 3.47. The van der Waals surface area contributed by atoms with Crippen molar-refractivity contribution in [2.24, 2.45) is 0 Å². The number of rotatable bonds is 8. The number of hydrogen-bond donors (Lipinski definition) is 2. The molecule has 0 aliphatic carbocycles. The lowest BCUT2D eigenvalue weighted by Gasteiger charge is -2.08. The van der Waals surface area contributed by atoms with Crippen LogP contribution in [0.3, 0.4) is 0 Å². The summed E-state index contributed by atoms with van der Waals surface area (Å²) in [4.78, 5) is 36.9. The zero-order valence-electron chi connectivity index (χ0n) is 15.8. The number of thiophene rings is 1. The zero-order chi connectivity index (χ0) is 20.7. The molecule has 0 unspecified atom stereocenters. The van der Waals surface area contributed by atoms with Gasteiger partial charge < -0.3 is 20.1 Å². The largest absolute Gasteiger partial charge is 0.462 e. The third-order valence-corrected chi connectivity index (χ3v) is 4.82. The van der Waals surface area contributed by atoms with Crippen molar-refractivity contribution in [2.75, 3.05) is 30.4 Å². The lowest BCUT2D eigenvalue weighted by atomic mass is 10.1. The highest BCUT2D eigenvalue weighted by Gasteiger charge is 2.27. The summed E-state index contributed by atoms with van der Waals surface area (Å²) < 4.78 is 23.0. The van der Waals surface area contributed by atoms with Gasteiger partial charge in [-0.15, -0.1) is 11.3 Å². The van der Waals surface area contributed by atoms with E-state index in [1.54, 1.807) is 20.8 Å². The maximum atomic E-state index is 12.9. The van der Waals surface area contributed by atoms with Crippen LogP contribution in [0, 0.1) is 12.7 Å². The molecular weight excluding hydrogens is 387 g/mol. The Morgan fingerprint density at radius 3 is 2.25 bits per heavy atom. The van der Waals surface area contributed by atoms with Gasteiger partial charge in [-0.25, -0.2) is 14.0 Å². The van der Waals surface area contributed by atoms with Gasteiger partial charge in [0.15, 0.2) is 0 Å². The monoisotopic (exact) mass is 408 g/mol. The van der Waals surface area contributed by atoms with E-state index in [4.69, 9.17) is 9.47 Å². The van der Waals surface area contributed by atoms with Crippen molar-refractivity contribution in [1.29, 1.82) is 0 Å². The van der Waals surface area contributed by atoms with Crippen molar-refractivity contribution >= 4 is 39.9 Å². The minimum absolute atomic E-state index is 0.112.